The van der Waals surface area contributed by atoms with Crippen LogP contribution in [0.1, 0.15) is 39.0 Å². The molecule has 7 nitrogen and oxygen atoms in total. The summed E-state index contributed by atoms with van der Waals surface area (Å²) in [6.07, 6.45) is 9.76. The second-order valence-electron chi connectivity index (χ2n) is 7.30. The summed E-state index contributed by atoms with van der Waals surface area (Å²) in [6, 6.07) is 6.17. The largest absolute Gasteiger partial charge is 0.326 e. The third-order valence-corrected chi connectivity index (χ3v) is 6.53. The van der Waals surface area contributed by atoms with Gasteiger partial charge in [-0.15, -0.1) is 16.8 Å². The summed E-state index contributed by atoms with van der Waals surface area (Å²) in [5.41, 5.74) is 0.212. The Bertz CT molecular complexity index is 898. The van der Waals surface area contributed by atoms with Crippen LogP contribution in [0.5, 0.6) is 0 Å². The van der Waals surface area contributed by atoms with Crippen molar-refractivity contribution in [1.82, 2.24) is 24.6 Å². The number of pyridine rings is 1. The highest BCUT2D eigenvalue weighted by atomic mass is 32.2. The second-order valence-corrected chi connectivity index (χ2v) is 8.61. The lowest BCUT2D eigenvalue weighted by Crippen LogP contribution is -2.52. The van der Waals surface area contributed by atoms with Crippen LogP contribution in [0.25, 0.3) is 11.4 Å². The number of carbonyl (C=O) groups excluding carboxylic acids is 1. The molecule has 0 N–H and O–H groups in total. The first-order chi connectivity index (χ1) is 14.0. The summed E-state index contributed by atoms with van der Waals surface area (Å²) in [6.45, 7) is 6.22. The van der Waals surface area contributed by atoms with Gasteiger partial charge in [0.2, 0.25) is 5.91 Å². The van der Waals surface area contributed by atoms with Gasteiger partial charge in [0.25, 0.3) is 0 Å². The number of allylic oxidation sites excluding steroid dienone is 1. The fraction of sp³-hybridized carbons (Fsp3) is 0.476. The molecule has 1 aliphatic rings. The van der Waals surface area contributed by atoms with Crippen LogP contribution >= 0.6 is 11.8 Å². The summed E-state index contributed by atoms with van der Waals surface area (Å²) < 4.78 is 1.94. The number of aromatic nitrogens is 4. The first-order valence-corrected chi connectivity index (χ1v) is 10.7. The van der Waals surface area contributed by atoms with Crippen LogP contribution in [0, 0.1) is 11.3 Å². The fourth-order valence-electron chi connectivity index (χ4n) is 3.74. The quantitative estimate of drug-likeness (QED) is 0.511. The van der Waals surface area contributed by atoms with Gasteiger partial charge in [0, 0.05) is 31.5 Å². The number of hydrogen-bond donors (Lipinski definition) is 0. The normalized spacial score (nSPS) is 16.6. The Hall–Kier alpha value is -2.66. The van der Waals surface area contributed by atoms with Crippen molar-refractivity contribution in [2.24, 2.45) is 0 Å². The lowest BCUT2D eigenvalue weighted by atomic mass is 9.81. The lowest BCUT2D eigenvalue weighted by molar-refractivity contribution is -0.133. The molecule has 1 fully saturated rings. The fourth-order valence-corrected chi connectivity index (χ4v) is 4.69. The van der Waals surface area contributed by atoms with Crippen molar-refractivity contribution in [3.8, 4) is 17.5 Å². The zero-order valence-electron chi connectivity index (χ0n) is 16.9. The topological polar surface area (TPSA) is 87.7 Å². The molecule has 1 aliphatic carbocycles. The molecule has 0 radical (unpaired) electrons. The molecule has 0 saturated heterocycles. The first-order valence-electron chi connectivity index (χ1n) is 9.82. The van der Waals surface area contributed by atoms with Crippen LogP contribution in [-0.2, 0) is 11.3 Å². The predicted molar refractivity (Wildman–Crippen MR) is 113 cm³/mol. The van der Waals surface area contributed by atoms with Gasteiger partial charge in [-0.25, -0.2) is 0 Å². The van der Waals surface area contributed by atoms with Crippen molar-refractivity contribution in [2.45, 2.75) is 61.5 Å². The summed E-state index contributed by atoms with van der Waals surface area (Å²) in [7, 11) is 1.75. The van der Waals surface area contributed by atoms with Crippen molar-refractivity contribution in [2.75, 3.05) is 7.05 Å². The minimum atomic E-state index is -0.693. The van der Waals surface area contributed by atoms with E-state index in [2.05, 4.69) is 27.8 Å². The number of rotatable bonds is 7. The van der Waals surface area contributed by atoms with E-state index in [1.807, 2.05) is 23.6 Å². The molecule has 2 heterocycles. The minimum Gasteiger partial charge on any atom is -0.326 e. The molecule has 29 heavy (non-hydrogen) atoms. The highest BCUT2D eigenvalue weighted by Gasteiger charge is 2.40. The first kappa shape index (κ1) is 21.1. The van der Waals surface area contributed by atoms with E-state index < -0.39 is 5.54 Å². The van der Waals surface area contributed by atoms with Crippen LogP contribution in [0.2, 0.25) is 0 Å². The zero-order valence-corrected chi connectivity index (χ0v) is 17.7. The Balaban J connectivity index is 1.80. The molecule has 1 amide bonds. The molecule has 0 bridgehead atoms. The van der Waals surface area contributed by atoms with Crippen molar-refractivity contribution in [1.29, 1.82) is 5.26 Å². The van der Waals surface area contributed by atoms with E-state index in [0.29, 0.717) is 17.5 Å². The molecule has 8 heteroatoms. The predicted octanol–water partition coefficient (Wildman–Crippen LogP) is 3.69. The molecule has 0 spiro atoms. The average molecular weight is 411 g/mol. The SMILES string of the molecule is C=CCn1c(S[C@@H](C)C(=O)N(C)C2(C#N)CCCCC2)nnc1-c1ccncc1. The molecule has 1 saturated carbocycles. The summed E-state index contributed by atoms with van der Waals surface area (Å²) in [4.78, 5) is 18.8. The monoisotopic (exact) mass is 410 g/mol. The highest BCUT2D eigenvalue weighted by Crippen LogP contribution is 2.34. The number of nitrogens with zero attached hydrogens (tertiary/aromatic N) is 6. The van der Waals surface area contributed by atoms with E-state index in [1.54, 1.807) is 30.4 Å². The molecule has 152 valence electrons. The van der Waals surface area contributed by atoms with Gasteiger partial charge in [-0.3, -0.25) is 14.3 Å². The summed E-state index contributed by atoms with van der Waals surface area (Å²) in [5, 5.41) is 18.7. The molecule has 0 unspecified atom stereocenters. The minimum absolute atomic E-state index is 0.0583. The van der Waals surface area contributed by atoms with E-state index in [-0.39, 0.29) is 11.2 Å². The number of amides is 1. The standard InChI is InChI=1S/C21H26N6OS/c1-4-14-27-18(17-8-12-23-13-9-17)24-25-20(27)29-16(2)19(28)26(3)21(15-22)10-6-5-7-11-21/h4,8-9,12-13,16H,1,5-7,10-11,14H2,2-3H3/t16-/m0/s1. The molecule has 2 aromatic rings. The average Bonchev–Trinajstić information content (AvgIpc) is 3.16. The van der Waals surface area contributed by atoms with Crippen LogP contribution in [-0.4, -0.2) is 48.4 Å². The second kappa shape index (κ2) is 9.23. The lowest BCUT2D eigenvalue weighted by Gasteiger charge is -2.40. The van der Waals surface area contributed by atoms with Gasteiger partial charge >= 0.3 is 0 Å². The Labute approximate surface area is 175 Å². The van der Waals surface area contributed by atoms with Gasteiger partial charge in [-0.05, 0) is 31.9 Å². The molecule has 1 atom stereocenters. The Kier molecular flexibility index (Phi) is 6.70. The molecular weight excluding hydrogens is 384 g/mol. The van der Waals surface area contributed by atoms with Gasteiger partial charge in [0.05, 0.1) is 11.3 Å². The maximum absolute atomic E-state index is 13.1. The molecular formula is C21H26N6OS. The smallest absolute Gasteiger partial charge is 0.236 e. The number of hydrogen-bond acceptors (Lipinski definition) is 6. The Morgan fingerprint density at radius 2 is 2.07 bits per heavy atom. The van der Waals surface area contributed by atoms with Gasteiger partial charge in [-0.1, -0.05) is 37.1 Å². The van der Waals surface area contributed by atoms with Crippen molar-refractivity contribution < 1.29 is 4.79 Å². The Morgan fingerprint density at radius 3 is 2.69 bits per heavy atom. The van der Waals surface area contributed by atoms with Crippen LogP contribution in [0.3, 0.4) is 0 Å². The summed E-state index contributed by atoms with van der Waals surface area (Å²) >= 11 is 1.36. The van der Waals surface area contributed by atoms with Gasteiger partial charge < -0.3 is 4.90 Å². The number of nitriles is 1. The molecule has 2 aromatic heterocycles. The van der Waals surface area contributed by atoms with Crippen LogP contribution in [0.4, 0.5) is 0 Å². The van der Waals surface area contributed by atoms with E-state index in [1.165, 1.54) is 11.8 Å². The van der Waals surface area contributed by atoms with E-state index >= 15 is 0 Å². The van der Waals surface area contributed by atoms with Crippen molar-refractivity contribution >= 4 is 17.7 Å². The Morgan fingerprint density at radius 1 is 1.38 bits per heavy atom. The van der Waals surface area contributed by atoms with E-state index in [9.17, 15) is 10.1 Å². The molecule has 3 rings (SSSR count). The van der Waals surface area contributed by atoms with E-state index in [0.717, 1.165) is 37.7 Å². The number of thioether (sulfide) groups is 1. The van der Waals surface area contributed by atoms with Crippen molar-refractivity contribution in [3.63, 3.8) is 0 Å². The third-order valence-electron chi connectivity index (χ3n) is 5.46. The third kappa shape index (κ3) is 4.35. The van der Waals surface area contributed by atoms with Gasteiger partial charge in [0.1, 0.15) is 5.54 Å². The van der Waals surface area contributed by atoms with Crippen LogP contribution < -0.4 is 0 Å². The maximum Gasteiger partial charge on any atom is 0.236 e. The number of carbonyl (C=O) groups is 1. The summed E-state index contributed by atoms with van der Waals surface area (Å²) in [5.74, 6) is 0.653. The van der Waals surface area contributed by atoms with Gasteiger partial charge in [-0.2, -0.15) is 5.26 Å². The van der Waals surface area contributed by atoms with Gasteiger partial charge in [0.15, 0.2) is 11.0 Å². The van der Waals surface area contributed by atoms with Crippen LogP contribution in [0.15, 0.2) is 42.3 Å². The zero-order chi connectivity index (χ0) is 20.9. The maximum atomic E-state index is 13.1. The van der Waals surface area contributed by atoms with Crippen molar-refractivity contribution in [3.05, 3.63) is 37.2 Å². The molecule has 0 aromatic carbocycles. The van der Waals surface area contributed by atoms with E-state index in [4.69, 9.17) is 0 Å². The highest BCUT2D eigenvalue weighted by molar-refractivity contribution is 8.00. The molecule has 0 aliphatic heterocycles.